The standard InChI is InChI=1S/C28H26N4O2/c29-17-19-1-5-23(6-2-19)27(33)15-13-25(31)21-9-11-22(12-10-21)26(32)14-16-28(34)24-7-3-20(18-30)4-8-24/h1-12,25-26H,17-18,29-32H2. The minimum atomic E-state index is -0.637. The summed E-state index contributed by atoms with van der Waals surface area (Å²) in [6.07, 6.45) is 0. The van der Waals surface area contributed by atoms with Gasteiger partial charge in [0.1, 0.15) is 0 Å². The number of nitrogens with two attached hydrogens (primary N) is 4. The van der Waals surface area contributed by atoms with E-state index in [1.54, 1.807) is 72.8 Å². The van der Waals surface area contributed by atoms with Gasteiger partial charge in [-0.25, -0.2) is 0 Å². The van der Waals surface area contributed by atoms with Crippen molar-refractivity contribution >= 4 is 11.6 Å². The Hall–Kier alpha value is -4.04. The van der Waals surface area contributed by atoms with Crippen molar-refractivity contribution in [3.63, 3.8) is 0 Å². The lowest BCUT2D eigenvalue weighted by Crippen LogP contribution is -2.11. The van der Waals surface area contributed by atoms with E-state index in [4.69, 9.17) is 22.9 Å². The maximum atomic E-state index is 12.3. The molecule has 0 aliphatic heterocycles. The van der Waals surface area contributed by atoms with E-state index in [0.717, 1.165) is 22.3 Å². The maximum absolute atomic E-state index is 12.3. The van der Waals surface area contributed by atoms with Gasteiger partial charge in [0.15, 0.2) is 0 Å². The molecule has 3 rings (SSSR count). The fourth-order valence-electron chi connectivity index (χ4n) is 3.09. The van der Waals surface area contributed by atoms with E-state index in [1.165, 1.54) is 0 Å². The van der Waals surface area contributed by atoms with Crippen molar-refractivity contribution in [2.75, 3.05) is 0 Å². The van der Waals surface area contributed by atoms with Crippen molar-refractivity contribution < 1.29 is 9.59 Å². The van der Waals surface area contributed by atoms with Gasteiger partial charge in [-0.2, -0.15) is 0 Å². The Morgan fingerprint density at radius 2 is 0.912 bits per heavy atom. The van der Waals surface area contributed by atoms with Crippen LogP contribution in [0.4, 0.5) is 0 Å². The summed E-state index contributed by atoms with van der Waals surface area (Å²) in [4.78, 5) is 24.5. The third-order valence-corrected chi connectivity index (χ3v) is 5.24. The summed E-state index contributed by atoms with van der Waals surface area (Å²) >= 11 is 0. The average molecular weight is 451 g/mol. The Balaban J connectivity index is 1.63. The maximum Gasteiger partial charge on any atom is 0.235 e. The molecule has 8 N–H and O–H groups in total. The van der Waals surface area contributed by atoms with Crippen molar-refractivity contribution in [3.8, 4) is 23.7 Å². The van der Waals surface area contributed by atoms with Gasteiger partial charge in [-0.1, -0.05) is 84.6 Å². The second-order valence-corrected chi connectivity index (χ2v) is 7.62. The summed E-state index contributed by atoms with van der Waals surface area (Å²) in [6.45, 7) is 0.825. The van der Waals surface area contributed by atoms with E-state index in [9.17, 15) is 9.59 Å². The first kappa shape index (κ1) is 24.6. The molecule has 2 unspecified atom stereocenters. The van der Waals surface area contributed by atoms with Crippen LogP contribution in [0.25, 0.3) is 0 Å². The highest BCUT2D eigenvalue weighted by molar-refractivity contribution is 6.09. The van der Waals surface area contributed by atoms with Crippen LogP contribution in [0, 0.1) is 23.7 Å². The summed E-state index contributed by atoms with van der Waals surface area (Å²) in [7, 11) is 0. The highest BCUT2D eigenvalue weighted by Crippen LogP contribution is 2.15. The molecule has 2 atom stereocenters. The first-order valence-corrected chi connectivity index (χ1v) is 10.7. The van der Waals surface area contributed by atoms with Gasteiger partial charge in [0.05, 0.1) is 12.1 Å². The van der Waals surface area contributed by atoms with Crippen LogP contribution >= 0.6 is 0 Å². The third-order valence-electron chi connectivity index (χ3n) is 5.24. The van der Waals surface area contributed by atoms with Crippen LogP contribution in [0.3, 0.4) is 0 Å². The molecule has 0 radical (unpaired) electrons. The Bertz CT molecular complexity index is 1170. The van der Waals surface area contributed by atoms with Crippen molar-refractivity contribution in [2.24, 2.45) is 22.9 Å². The predicted molar refractivity (Wildman–Crippen MR) is 133 cm³/mol. The third kappa shape index (κ3) is 6.49. The zero-order valence-corrected chi connectivity index (χ0v) is 18.6. The molecule has 0 saturated heterocycles. The second kappa shape index (κ2) is 11.7. The molecule has 0 fully saturated rings. The highest BCUT2D eigenvalue weighted by Gasteiger charge is 2.08. The van der Waals surface area contributed by atoms with E-state index in [1.807, 2.05) is 0 Å². The molecule has 0 aliphatic rings. The zero-order chi connectivity index (χ0) is 24.5. The fraction of sp³-hybridized carbons (Fsp3) is 0.143. The molecule has 0 aromatic heterocycles. The fourth-order valence-corrected chi connectivity index (χ4v) is 3.09. The van der Waals surface area contributed by atoms with E-state index >= 15 is 0 Å². The smallest absolute Gasteiger partial charge is 0.235 e. The van der Waals surface area contributed by atoms with Gasteiger partial charge in [0.25, 0.3) is 0 Å². The Morgan fingerprint density at radius 1 is 0.588 bits per heavy atom. The minimum absolute atomic E-state index is 0.310. The highest BCUT2D eigenvalue weighted by atomic mass is 16.1. The van der Waals surface area contributed by atoms with Crippen LogP contribution in [-0.4, -0.2) is 11.6 Å². The van der Waals surface area contributed by atoms with Gasteiger partial charge in [-0.15, -0.1) is 0 Å². The molecule has 0 heterocycles. The Kier molecular flexibility index (Phi) is 8.48. The number of rotatable bonds is 6. The van der Waals surface area contributed by atoms with Crippen molar-refractivity contribution in [2.45, 2.75) is 25.2 Å². The average Bonchev–Trinajstić information content (AvgIpc) is 2.90. The van der Waals surface area contributed by atoms with Gasteiger partial charge >= 0.3 is 0 Å². The second-order valence-electron chi connectivity index (χ2n) is 7.62. The number of benzene rings is 3. The van der Waals surface area contributed by atoms with E-state index in [0.29, 0.717) is 24.2 Å². The predicted octanol–water partition coefficient (Wildman–Crippen LogP) is 2.38. The summed E-state index contributed by atoms with van der Waals surface area (Å²) in [6, 6.07) is 19.8. The van der Waals surface area contributed by atoms with E-state index < -0.39 is 12.1 Å². The number of hydrogen-bond donors (Lipinski definition) is 4. The van der Waals surface area contributed by atoms with Crippen molar-refractivity contribution in [1.29, 1.82) is 0 Å². The summed E-state index contributed by atoms with van der Waals surface area (Å²) in [5.41, 5.74) is 27.7. The number of carbonyl (C=O) groups excluding carboxylic acids is 2. The number of Topliss-reactive ketones (excluding diaryl/α,β-unsaturated/α-hetero) is 2. The van der Waals surface area contributed by atoms with Crippen LogP contribution in [0.2, 0.25) is 0 Å². The molecule has 3 aromatic rings. The molecule has 0 amide bonds. The van der Waals surface area contributed by atoms with E-state index in [2.05, 4.69) is 23.7 Å². The molecular weight excluding hydrogens is 424 g/mol. The minimum Gasteiger partial charge on any atom is -0.326 e. The van der Waals surface area contributed by atoms with Gasteiger partial charge in [0, 0.05) is 24.2 Å². The molecule has 0 saturated carbocycles. The van der Waals surface area contributed by atoms with Crippen molar-refractivity contribution in [1.82, 2.24) is 0 Å². The molecule has 170 valence electrons. The van der Waals surface area contributed by atoms with Gasteiger partial charge in [0.2, 0.25) is 11.6 Å². The molecule has 34 heavy (non-hydrogen) atoms. The first-order valence-electron chi connectivity index (χ1n) is 10.7. The molecular formula is C28H26N4O2. The lowest BCUT2D eigenvalue weighted by atomic mass is 10.0. The molecule has 6 nitrogen and oxygen atoms in total. The molecule has 0 bridgehead atoms. The van der Waals surface area contributed by atoms with Crippen LogP contribution in [0.5, 0.6) is 0 Å². The summed E-state index contributed by atoms with van der Waals surface area (Å²) in [5.74, 6) is 10.1. The van der Waals surface area contributed by atoms with Crippen LogP contribution < -0.4 is 22.9 Å². The SMILES string of the molecule is NCc1ccc(C(=O)C#CC(N)c2ccc(C(N)C#CC(=O)c3ccc(CN)cc3)cc2)cc1. The summed E-state index contributed by atoms with van der Waals surface area (Å²) < 4.78 is 0. The zero-order valence-electron chi connectivity index (χ0n) is 18.6. The molecule has 3 aromatic carbocycles. The van der Waals surface area contributed by atoms with Gasteiger partial charge in [-0.05, 0) is 34.1 Å². The molecule has 0 spiro atoms. The van der Waals surface area contributed by atoms with E-state index in [-0.39, 0.29) is 11.6 Å². The number of ketones is 2. The van der Waals surface area contributed by atoms with Crippen LogP contribution in [0.15, 0.2) is 72.8 Å². The Morgan fingerprint density at radius 3 is 1.21 bits per heavy atom. The normalized spacial score (nSPS) is 11.9. The quantitative estimate of drug-likeness (QED) is 0.258. The van der Waals surface area contributed by atoms with Crippen LogP contribution in [0.1, 0.15) is 55.1 Å². The van der Waals surface area contributed by atoms with Gasteiger partial charge < -0.3 is 22.9 Å². The topological polar surface area (TPSA) is 138 Å². The summed E-state index contributed by atoms with van der Waals surface area (Å²) in [5, 5.41) is 0. The molecule has 6 heteroatoms. The van der Waals surface area contributed by atoms with Gasteiger partial charge in [-0.3, -0.25) is 9.59 Å². The lowest BCUT2D eigenvalue weighted by Gasteiger charge is -2.08. The number of hydrogen-bond acceptors (Lipinski definition) is 6. The Labute approximate surface area is 199 Å². The van der Waals surface area contributed by atoms with Crippen molar-refractivity contribution in [3.05, 3.63) is 106 Å². The number of carbonyl (C=O) groups is 2. The van der Waals surface area contributed by atoms with Crippen LogP contribution in [-0.2, 0) is 13.1 Å². The largest absolute Gasteiger partial charge is 0.326 e. The monoisotopic (exact) mass is 450 g/mol. The lowest BCUT2D eigenvalue weighted by molar-refractivity contribution is 0.104. The molecule has 0 aliphatic carbocycles. The first-order chi connectivity index (χ1) is 16.4.